The lowest BCUT2D eigenvalue weighted by Crippen LogP contribution is -2.30. The number of halogens is 2. The number of thioether (sulfide) groups is 1. The van der Waals surface area contributed by atoms with Crippen molar-refractivity contribution >= 4 is 23.1 Å². The molecule has 0 amide bonds. The number of hydrogen-bond donors (Lipinski definition) is 1. The van der Waals surface area contributed by atoms with Gasteiger partial charge in [-0.25, -0.2) is 8.78 Å². The Morgan fingerprint density at radius 3 is 2.61 bits per heavy atom. The van der Waals surface area contributed by atoms with Gasteiger partial charge in [-0.2, -0.15) is 11.8 Å². The van der Waals surface area contributed by atoms with Crippen LogP contribution in [0.1, 0.15) is 25.3 Å². The van der Waals surface area contributed by atoms with Gasteiger partial charge in [0.15, 0.2) is 0 Å². The minimum Gasteiger partial charge on any atom is -0.399 e. The van der Waals surface area contributed by atoms with E-state index in [2.05, 4.69) is 0 Å². The fourth-order valence-corrected chi connectivity index (χ4v) is 2.37. The Kier molecular flexibility index (Phi) is 5.72. The molecular formula is C13H20F2N2S. The van der Waals surface area contributed by atoms with Crippen LogP contribution in [0, 0.1) is 0 Å². The van der Waals surface area contributed by atoms with Gasteiger partial charge in [0, 0.05) is 30.0 Å². The zero-order chi connectivity index (χ0) is 13.7. The smallest absolute Gasteiger partial charge is 0.265 e. The highest BCUT2D eigenvalue weighted by atomic mass is 32.2. The second kappa shape index (κ2) is 6.83. The molecule has 0 bridgehead atoms. The minimum atomic E-state index is -2.50. The monoisotopic (exact) mass is 274 g/mol. The predicted molar refractivity (Wildman–Crippen MR) is 76.7 cm³/mol. The Morgan fingerprint density at radius 1 is 1.39 bits per heavy atom. The number of benzene rings is 1. The van der Waals surface area contributed by atoms with Crippen LogP contribution in [0.2, 0.25) is 0 Å². The van der Waals surface area contributed by atoms with Crippen LogP contribution in [0.4, 0.5) is 20.2 Å². The van der Waals surface area contributed by atoms with Gasteiger partial charge in [-0.15, -0.1) is 0 Å². The first-order valence-electron chi connectivity index (χ1n) is 5.86. The van der Waals surface area contributed by atoms with Crippen molar-refractivity contribution in [1.82, 2.24) is 0 Å². The van der Waals surface area contributed by atoms with Crippen molar-refractivity contribution in [1.29, 1.82) is 0 Å². The summed E-state index contributed by atoms with van der Waals surface area (Å²) in [4.78, 5) is 1.90. The molecule has 0 fully saturated rings. The SMILES string of the molecule is CSCCC(C)N(C)c1ccc(N)cc1C(F)F. The van der Waals surface area contributed by atoms with Crippen LogP contribution in [0.15, 0.2) is 18.2 Å². The van der Waals surface area contributed by atoms with E-state index in [1.54, 1.807) is 23.9 Å². The van der Waals surface area contributed by atoms with Gasteiger partial charge in [-0.05, 0) is 43.6 Å². The summed E-state index contributed by atoms with van der Waals surface area (Å²) in [5.41, 5.74) is 6.51. The molecule has 0 aromatic heterocycles. The topological polar surface area (TPSA) is 29.3 Å². The van der Waals surface area contributed by atoms with Crippen molar-refractivity contribution in [3.63, 3.8) is 0 Å². The zero-order valence-electron chi connectivity index (χ0n) is 11.0. The van der Waals surface area contributed by atoms with Gasteiger partial charge in [0.25, 0.3) is 6.43 Å². The molecule has 1 unspecified atom stereocenters. The largest absolute Gasteiger partial charge is 0.399 e. The van der Waals surface area contributed by atoms with E-state index in [9.17, 15) is 8.78 Å². The van der Waals surface area contributed by atoms with E-state index in [1.807, 2.05) is 25.1 Å². The summed E-state index contributed by atoms with van der Waals surface area (Å²) in [6, 6.07) is 4.92. The van der Waals surface area contributed by atoms with Crippen molar-refractivity contribution in [3.8, 4) is 0 Å². The maximum absolute atomic E-state index is 13.0. The Morgan fingerprint density at radius 2 is 2.06 bits per heavy atom. The molecule has 0 spiro atoms. The molecule has 5 heteroatoms. The lowest BCUT2D eigenvalue weighted by molar-refractivity contribution is 0.152. The molecule has 18 heavy (non-hydrogen) atoms. The van der Waals surface area contributed by atoms with E-state index < -0.39 is 6.43 Å². The first-order chi connectivity index (χ1) is 8.47. The van der Waals surface area contributed by atoms with Gasteiger partial charge in [-0.3, -0.25) is 0 Å². The summed E-state index contributed by atoms with van der Waals surface area (Å²) in [7, 11) is 1.85. The molecule has 0 saturated heterocycles. The van der Waals surface area contributed by atoms with Gasteiger partial charge in [0.2, 0.25) is 0 Å². The van der Waals surface area contributed by atoms with Crippen LogP contribution in [0.3, 0.4) is 0 Å². The van der Waals surface area contributed by atoms with Crippen LogP contribution in [0.25, 0.3) is 0 Å². The molecular weight excluding hydrogens is 254 g/mol. The van der Waals surface area contributed by atoms with Crippen LogP contribution in [0.5, 0.6) is 0 Å². The van der Waals surface area contributed by atoms with E-state index in [0.717, 1.165) is 12.2 Å². The number of nitrogens with two attached hydrogens (primary N) is 1. The summed E-state index contributed by atoms with van der Waals surface area (Å²) in [5.74, 6) is 1.02. The third-order valence-corrected chi connectivity index (χ3v) is 3.71. The molecule has 0 radical (unpaired) electrons. The number of anilines is 2. The van der Waals surface area contributed by atoms with Crippen molar-refractivity contribution < 1.29 is 8.78 Å². The average Bonchev–Trinajstić information content (AvgIpc) is 2.34. The summed E-state index contributed by atoms with van der Waals surface area (Å²) in [6.45, 7) is 2.04. The fraction of sp³-hybridized carbons (Fsp3) is 0.538. The molecule has 102 valence electrons. The summed E-state index contributed by atoms with van der Waals surface area (Å²) < 4.78 is 26.0. The van der Waals surface area contributed by atoms with Gasteiger partial charge in [0.05, 0.1) is 0 Å². The van der Waals surface area contributed by atoms with Crippen LogP contribution >= 0.6 is 11.8 Å². The first kappa shape index (κ1) is 15.1. The molecule has 2 N–H and O–H groups in total. The Labute approximate surface area is 112 Å². The maximum atomic E-state index is 13.0. The quantitative estimate of drug-likeness (QED) is 0.800. The van der Waals surface area contributed by atoms with E-state index in [0.29, 0.717) is 11.4 Å². The van der Waals surface area contributed by atoms with Crippen LogP contribution < -0.4 is 10.6 Å². The fourth-order valence-electron chi connectivity index (χ4n) is 1.79. The van der Waals surface area contributed by atoms with Gasteiger partial charge >= 0.3 is 0 Å². The minimum absolute atomic E-state index is 0.00787. The van der Waals surface area contributed by atoms with E-state index in [4.69, 9.17) is 5.73 Å². The van der Waals surface area contributed by atoms with E-state index >= 15 is 0 Å². The maximum Gasteiger partial charge on any atom is 0.265 e. The second-order valence-corrected chi connectivity index (χ2v) is 5.35. The highest BCUT2D eigenvalue weighted by Gasteiger charge is 2.19. The van der Waals surface area contributed by atoms with Crippen molar-refractivity contribution in [3.05, 3.63) is 23.8 Å². The Bertz CT molecular complexity index is 385. The molecule has 0 heterocycles. The second-order valence-electron chi connectivity index (χ2n) is 4.36. The standard InChI is InChI=1S/C13H20F2N2S/c1-9(6-7-18-3)17(2)12-5-4-10(16)8-11(12)13(14)15/h4-5,8-9,13H,6-7,16H2,1-3H3. The molecule has 1 rings (SSSR count). The highest BCUT2D eigenvalue weighted by Crippen LogP contribution is 2.32. The highest BCUT2D eigenvalue weighted by molar-refractivity contribution is 7.98. The number of hydrogen-bond acceptors (Lipinski definition) is 3. The third-order valence-electron chi connectivity index (χ3n) is 3.07. The molecule has 0 saturated carbocycles. The predicted octanol–water partition coefficient (Wildman–Crippen LogP) is 3.78. The van der Waals surface area contributed by atoms with E-state index in [-0.39, 0.29) is 11.6 Å². The first-order valence-corrected chi connectivity index (χ1v) is 7.26. The third kappa shape index (κ3) is 3.77. The number of nitrogens with zero attached hydrogens (tertiary/aromatic N) is 1. The van der Waals surface area contributed by atoms with Gasteiger partial charge in [-0.1, -0.05) is 0 Å². The summed E-state index contributed by atoms with van der Waals surface area (Å²) >= 11 is 1.76. The molecule has 0 aliphatic carbocycles. The van der Waals surface area contributed by atoms with Gasteiger partial charge < -0.3 is 10.6 Å². The number of nitrogen functional groups attached to an aromatic ring is 1. The molecule has 1 aromatic rings. The zero-order valence-corrected chi connectivity index (χ0v) is 11.8. The Hall–Kier alpha value is -0.970. The summed E-state index contributed by atoms with van der Waals surface area (Å²) in [5, 5.41) is 0. The normalized spacial score (nSPS) is 12.8. The summed E-state index contributed by atoms with van der Waals surface area (Å²) in [6.07, 6.45) is 0.504. The number of alkyl halides is 2. The Balaban J connectivity index is 2.93. The molecule has 1 aromatic carbocycles. The van der Waals surface area contributed by atoms with Gasteiger partial charge in [0.1, 0.15) is 0 Å². The van der Waals surface area contributed by atoms with E-state index in [1.165, 1.54) is 6.07 Å². The average molecular weight is 274 g/mol. The van der Waals surface area contributed by atoms with Crippen molar-refractivity contribution in [2.75, 3.05) is 29.7 Å². The van der Waals surface area contributed by atoms with Crippen molar-refractivity contribution in [2.24, 2.45) is 0 Å². The lowest BCUT2D eigenvalue weighted by Gasteiger charge is -2.29. The molecule has 0 aliphatic heterocycles. The van der Waals surface area contributed by atoms with Crippen LogP contribution in [-0.4, -0.2) is 25.1 Å². The lowest BCUT2D eigenvalue weighted by atomic mass is 10.1. The van der Waals surface area contributed by atoms with Crippen molar-refractivity contribution in [2.45, 2.75) is 25.8 Å². The number of rotatable bonds is 6. The van der Waals surface area contributed by atoms with Crippen LogP contribution in [-0.2, 0) is 0 Å². The molecule has 0 aliphatic rings. The molecule has 2 nitrogen and oxygen atoms in total. The molecule has 1 atom stereocenters.